The molecule has 0 spiro atoms. The Morgan fingerprint density at radius 2 is 2.27 bits per heavy atom. The minimum atomic E-state index is -1.03. The molecule has 0 saturated carbocycles. The van der Waals surface area contributed by atoms with Crippen LogP contribution < -0.4 is 16.6 Å². The quantitative estimate of drug-likeness (QED) is 0.717. The lowest BCUT2D eigenvalue weighted by atomic mass is 10.1. The first-order valence-corrected chi connectivity index (χ1v) is 5.02. The van der Waals surface area contributed by atoms with Gasteiger partial charge in [0.1, 0.15) is 11.9 Å². The normalized spacial score (nSPS) is 12.3. The first-order chi connectivity index (χ1) is 7.06. The van der Waals surface area contributed by atoms with Gasteiger partial charge in [-0.2, -0.15) is 0 Å². The number of benzene rings is 1. The fourth-order valence-electron chi connectivity index (χ4n) is 1.10. The topological polar surface area (TPSA) is 67.1 Å². The zero-order chi connectivity index (χ0) is 11.4. The molecule has 0 fully saturated rings. The molecule has 0 aromatic heterocycles. The van der Waals surface area contributed by atoms with Gasteiger partial charge in [0, 0.05) is 17.1 Å². The van der Waals surface area contributed by atoms with Crippen LogP contribution in [0.2, 0.25) is 0 Å². The lowest BCUT2D eigenvalue weighted by Crippen LogP contribution is -2.41. The number of amides is 1. The van der Waals surface area contributed by atoms with Crippen molar-refractivity contribution < 1.29 is 9.18 Å². The number of nitrogens with one attached hydrogen (secondary N) is 2. The van der Waals surface area contributed by atoms with Gasteiger partial charge in [-0.1, -0.05) is 15.9 Å². The van der Waals surface area contributed by atoms with Gasteiger partial charge >= 0.3 is 0 Å². The molecule has 0 aliphatic carbocycles. The van der Waals surface area contributed by atoms with E-state index in [4.69, 9.17) is 5.73 Å². The largest absolute Gasteiger partial charge is 0.316 e. The maximum Gasteiger partial charge on any atom is 0.255 e. The van der Waals surface area contributed by atoms with Crippen molar-refractivity contribution in [2.45, 2.75) is 6.04 Å². The molecule has 0 saturated heterocycles. The molecule has 0 heterocycles. The number of rotatable bonds is 3. The van der Waals surface area contributed by atoms with Gasteiger partial charge in [-0.25, -0.2) is 9.82 Å². The van der Waals surface area contributed by atoms with Crippen LogP contribution in [-0.2, 0) is 4.79 Å². The van der Waals surface area contributed by atoms with Crippen LogP contribution in [0, 0.1) is 5.82 Å². The number of carbonyl (C=O) groups is 1. The van der Waals surface area contributed by atoms with E-state index in [1.165, 1.54) is 19.2 Å². The smallest absolute Gasteiger partial charge is 0.255 e. The van der Waals surface area contributed by atoms with Crippen molar-refractivity contribution in [3.05, 3.63) is 34.1 Å². The molecule has 6 heteroatoms. The fourth-order valence-corrected chi connectivity index (χ4v) is 1.47. The van der Waals surface area contributed by atoms with Crippen LogP contribution in [0.3, 0.4) is 0 Å². The van der Waals surface area contributed by atoms with Crippen LogP contribution in [0.4, 0.5) is 4.39 Å². The number of hydrogen-bond donors (Lipinski definition) is 3. The van der Waals surface area contributed by atoms with Crippen molar-refractivity contribution in [2.24, 2.45) is 5.73 Å². The van der Waals surface area contributed by atoms with Crippen molar-refractivity contribution in [2.75, 3.05) is 7.05 Å². The van der Waals surface area contributed by atoms with Crippen molar-refractivity contribution in [1.82, 2.24) is 10.9 Å². The standard InChI is InChI=1S/C9H11BrFN3O/c1-13-14-9(15)8(12)6-4-5(10)2-3-7(6)11/h2-4,8,13H,12H2,1H3,(H,14,15). The highest BCUT2D eigenvalue weighted by Crippen LogP contribution is 2.20. The predicted molar refractivity (Wildman–Crippen MR) is 58.2 cm³/mol. The van der Waals surface area contributed by atoms with Crippen LogP contribution in [0.15, 0.2) is 22.7 Å². The second kappa shape index (κ2) is 5.20. The molecule has 1 aromatic carbocycles. The highest BCUT2D eigenvalue weighted by Gasteiger charge is 2.18. The van der Waals surface area contributed by atoms with E-state index < -0.39 is 17.8 Å². The van der Waals surface area contributed by atoms with Crippen molar-refractivity contribution in [1.29, 1.82) is 0 Å². The number of halogens is 2. The Labute approximate surface area is 95.1 Å². The van der Waals surface area contributed by atoms with Gasteiger partial charge in [0.15, 0.2) is 0 Å². The van der Waals surface area contributed by atoms with E-state index in [9.17, 15) is 9.18 Å². The molecule has 1 rings (SSSR count). The summed E-state index contributed by atoms with van der Waals surface area (Å²) in [4.78, 5) is 11.3. The van der Waals surface area contributed by atoms with Gasteiger partial charge in [-0.15, -0.1) is 0 Å². The Morgan fingerprint density at radius 1 is 1.60 bits per heavy atom. The van der Waals surface area contributed by atoms with E-state index in [-0.39, 0.29) is 5.56 Å². The van der Waals surface area contributed by atoms with E-state index in [0.717, 1.165) is 0 Å². The molecule has 1 atom stereocenters. The minimum absolute atomic E-state index is 0.150. The summed E-state index contributed by atoms with van der Waals surface area (Å²) in [6, 6.07) is 3.25. The van der Waals surface area contributed by atoms with E-state index in [1.807, 2.05) is 0 Å². The van der Waals surface area contributed by atoms with Crippen molar-refractivity contribution >= 4 is 21.8 Å². The molecule has 0 aliphatic heterocycles. The summed E-state index contributed by atoms with van der Waals surface area (Å²) in [5.74, 6) is -0.994. The molecular weight excluding hydrogens is 265 g/mol. The number of nitrogens with two attached hydrogens (primary N) is 1. The first-order valence-electron chi connectivity index (χ1n) is 4.23. The predicted octanol–water partition coefficient (Wildman–Crippen LogP) is 0.839. The van der Waals surface area contributed by atoms with Crippen LogP contribution in [0.5, 0.6) is 0 Å². The third-order valence-electron chi connectivity index (χ3n) is 1.82. The average Bonchev–Trinajstić information content (AvgIpc) is 2.21. The van der Waals surface area contributed by atoms with Gasteiger partial charge in [0.25, 0.3) is 5.91 Å². The molecule has 82 valence electrons. The molecule has 15 heavy (non-hydrogen) atoms. The second-order valence-corrected chi connectivity index (χ2v) is 3.80. The molecule has 0 radical (unpaired) electrons. The number of hydrazine groups is 1. The second-order valence-electron chi connectivity index (χ2n) is 2.88. The summed E-state index contributed by atoms with van der Waals surface area (Å²) in [5, 5.41) is 0. The lowest BCUT2D eigenvalue weighted by Gasteiger charge is -2.12. The van der Waals surface area contributed by atoms with Gasteiger partial charge < -0.3 is 5.73 Å². The molecule has 1 unspecified atom stereocenters. The molecule has 4 N–H and O–H groups in total. The number of carbonyl (C=O) groups excluding carboxylic acids is 1. The SMILES string of the molecule is CNNC(=O)C(N)c1cc(Br)ccc1F. The van der Waals surface area contributed by atoms with Gasteiger partial charge in [-0.3, -0.25) is 10.2 Å². The van der Waals surface area contributed by atoms with Gasteiger partial charge in [0.05, 0.1) is 0 Å². The molecule has 1 aromatic rings. The summed E-state index contributed by atoms with van der Waals surface area (Å²) in [7, 11) is 1.53. The Bertz CT molecular complexity index is 372. The van der Waals surface area contributed by atoms with E-state index in [2.05, 4.69) is 26.8 Å². The summed E-state index contributed by atoms with van der Waals surface area (Å²) in [5.41, 5.74) is 10.5. The van der Waals surface area contributed by atoms with Crippen molar-refractivity contribution in [3.8, 4) is 0 Å². The zero-order valence-corrected chi connectivity index (χ0v) is 9.64. The average molecular weight is 276 g/mol. The first kappa shape index (κ1) is 12.1. The van der Waals surface area contributed by atoms with Gasteiger partial charge in [-0.05, 0) is 18.2 Å². The molecule has 4 nitrogen and oxygen atoms in total. The third-order valence-corrected chi connectivity index (χ3v) is 2.32. The van der Waals surface area contributed by atoms with Crippen LogP contribution in [0.1, 0.15) is 11.6 Å². The third kappa shape index (κ3) is 2.98. The molecule has 0 aliphatic rings. The molecule has 1 amide bonds. The van der Waals surface area contributed by atoms with Crippen LogP contribution in [0.25, 0.3) is 0 Å². The maximum atomic E-state index is 13.3. The van der Waals surface area contributed by atoms with E-state index in [0.29, 0.717) is 4.47 Å². The Hall–Kier alpha value is -0.980. The summed E-state index contributed by atoms with van der Waals surface area (Å²) < 4.78 is 14.0. The molecular formula is C9H11BrFN3O. The Morgan fingerprint density at radius 3 is 2.87 bits per heavy atom. The summed E-state index contributed by atoms with van der Waals surface area (Å²) in [6.45, 7) is 0. The Balaban J connectivity index is 2.94. The monoisotopic (exact) mass is 275 g/mol. The van der Waals surface area contributed by atoms with Crippen molar-refractivity contribution in [3.63, 3.8) is 0 Å². The lowest BCUT2D eigenvalue weighted by molar-refractivity contribution is -0.123. The van der Waals surface area contributed by atoms with Crippen LogP contribution >= 0.6 is 15.9 Å². The van der Waals surface area contributed by atoms with Gasteiger partial charge in [0.2, 0.25) is 0 Å². The maximum absolute atomic E-state index is 13.3. The molecule has 0 bridgehead atoms. The minimum Gasteiger partial charge on any atom is -0.316 e. The highest BCUT2D eigenvalue weighted by atomic mass is 79.9. The number of hydrogen-bond acceptors (Lipinski definition) is 3. The van der Waals surface area contributed by atoms with E-state index in [1.54, 1.807) is 6.07 Å². The summed E-state index contributed by atoms with van der Waals surface area (Å²) in [6.07, 6.45) is 0. The zero-order valence-electron chi connectivity index (χ0n) is 8.05. The fraction of sp³-hybridized carbons (Fsp3) is 0.222. The Kier molecular flexibility index (Phi) is 4.19. The summed E-state index contributed by atoms with van der Waals surface area (Å²) >= 11 is 3.18. The highest BCUT2D eigenvalue weighted by molar-refractivity contribution is 9.10. The van der Waals surface area contributed by atoms with Crippen LogP contribution in [-0.4, -0.2) is 13.0 Å². The van der Waals surface area contributed by atoms with E-state index >= 15 is 0 Å².